The van der Waals surface area contributed by atoms with Crippen molar-refractivity contribution in [1.82, 2.24) is 24.4 Å². The Kier molecular flexibility index (Phi) is 5.11. The highest BCUT2D eigenvalue weighted by Crippen LogP contribution is 2.28. The standard InChI is InChI=1S/C19H27N5O4/c1-22-9-10-24-16(22)15(13-21-24)17(25)23-7-5-19(27-2,6-8-23)18(26)20-12-14-4-3-11-28-14/h9-10,13-14H,3-8,11-12H2,1-2H3,(H,20,26). The van der Waals surface area contributed by atoms with Gasteiger partial charge in [0, 0.05) is 65.6 Å². The zero-order chi connectivity index (χ0) is 19.7. The number of likely N-dealkylation sites (tertiary alicyclic amines) is 1. The summed E-state index contributed by atoms with van der Waals surface area (Å²) in [4.78, 5) is 27.6. The fourth-order valence-corrected chi connectivity index (χ4v) is 4.14. The monoisotopic (exact) mass is 389 g/mol. The second-order valence-electron chi connectivity index (χ2n) is 7.57. The molecule has 2 fully saturated rings. The Morgan fingerprint density at radius 3 is 2.82 bits per heavy atom. The molecule has 1 atom stereocenters. The molecule has 2 saturated heterocycles. The lowest BCUT2D eigenvalue weighted by atomic mass is 9.89. The molecule has 0 aromatic carbocycles. The minimum atomic E-state index is -0.894. The Hall–Kier alpha value is -2.39. The fraction of sp³-hybridized carbons (Fsp3) is 0.632. The Labute approximate surface area is 163 Å². The molecule has 0 bridgehead atoms. The number of fused-ring (bicyclic) bond motifs is 1. The fourth-order valence-electron chi connectivity index (χ4n) is 4.14. The van der Waals surface area contributed by atoms with Gasteiger partial charge >= 0.3 is 0 Å². The van der Waals surface area contributed by atoms with E-state index in [9.17, 15) is 9.59 Å². The minimum Gasteiger partial charge on any atom is -0.376 e. The predicted molar refractivity (Wildman–Crippen MR) is 101 cm³/mol. The van der Waals surface area contributed by atoms with Crippen LogP contribution in [0.4, 0.5) is 0 Å². The number of imidazole rings is 1. The van der Waals surface area contributed by atoms with Gasteiger partial charge in [-0.2, -0.15) is 5.10 Å². The molecule has 2 amide bonds. The molecule has 1 N–H and O–H groups in total. The number of methoxy groups -OCH3 is 1. The molecule has 0 radical (unpaired) electrons. The number of hydrogen-bond acceptors (Lipinski definition) is 5. The van der Waals surface area contributed by atoms with Gasteiger partial charge in [0.15, 0.2) is 0 Å². The van der Waals surface area contributed by atoms with Crippen molar-refractivity contribution in [2.75, 3.05) is 33.4 Å². The number of carbonyl (C=O) groups is 2. The Morgan fingerprint density at radius 2 is 2.14 bits per heavy atom. The second-order valence-corrected chi connectivity index (χ2v) is 7.57. The van der Waals surface area contributed by atoms with E-state index in [1.54, 1.807) is 22.7 Å². The van der Waals surface area contributed by atoms with Crippen LogP contribution in [-0.4, -0.2) is 76.0 Å². The van der Waals surface area contributed by atoms with Gasteiger partial charge in [0.25, 0.3) is 11.8 Å². The van der Waals surface area contributed by atoms with Crippen LogP contribution in [0.1, 0.15) is 36.0 Å². The first-order chi connectivity index (χ1) is 13.5. The summed E-state index contributed by atoms with van der Waals surface area (Å²) in [6.45, 7) is 2.19. The van der Waals surface area contributed by atoms with Crippen LogP contribution in [0.5, 0.6) is 0 Å². The van der Waals surface area contributed by atoms with Crippen LogP contribution in [0.25, 0.3) is 5.65 Å². The summed E-state index contributed by atoms with van der Waals surface area (Å²) in [7, 11) is 3.45. The van der Waals surface area contributed by atoms with Crippen molar-refractivity contribution in [3.05, 3.63) is 24.2 Å². The van der Waals surface area contributed by atoms with Gasteiger partial charge in [-0.05, 0) is 12.8 Å². The van der Waals surface area contributed by atoms with Gasteiger partial charge in [-0.3, -0.25) is 9.59 Å². The van der Waals surface area contributed by atoms with Crippen molar-refractivity contribution in [1.29, 1.82) is 0 Å². The van der Waals surface area contributed by atoms with Crippen LogP contribution in [0, 0.1) is 0 Å². The van der Waals surface area contributed by atoms with Crippen molar-refractivity contribution in [3.8, 4) is 0 Å². The van der Waals surface area contributed by atoms with E-state index in [2.05, 4.69) is 10.4 Å². The predicted octanol–water partition coefficient (Wildman–Crippen LogP) is 0.589. The Balaban J connectivity index is 1.40. The third-order valence-corrected chi connectivity index (χ3v) is 5.94. The van der Waals surface area contributed by atoms with Gasteiger partial charge in [0.05, 0.1) is 12.3 Å². The molecule has 2 aromatic heterocycles. The van der Waals surface area contributed by atoms with Crippen LogP contribution in [-0.2, 0) is 21.3 Å². The average Bonchev–Trinajstić information content (AvgIpc) is 3.45. The van der Waals surface area contributed by atoms with Crippen molar-refractivity contribution in [2.24, 2.45) is 7.05 Å². The summed E-state index contributed by atoms with van der Waals surface area (Å²) < 4.78 is 14.8. The lowest BCUT2D eigenvalue weighted by Gasteiger charge is -2.39. The topological polar surface area (TPSA) is 90.1 Å². The Morgan fingerprint density at radius 1 is 1.36 bits per heavy atom. The smallest absolute Gasteiger partial charge is 0.259 e. The molecule has 4 heterocycles. The first-order valence-corrected chi connectivity index (χ1v) is 9.77. The first kappa shape index (κ1) is 18.9. The summed E-state index contributed by atoms with van der Waals surface area (Å²) in [5.41, 5.74) is 0.442. The lowest BCUT2D eigenvalue weighted by molar-refractivity contribution is -0.149. The van der Waals surface area contributed by atoms with E-state index >= 15 is 0 Å². The zero-order valence-electron chi connectivity index (χ0n) is 16.4. The number of aromatic nitrogens is 3. The number of ether oxygens (including phenoxy) is 2. The van der Waals surface area contributed by atoms with Crippen LogP contribution in [0.2, 0.25) is 0 Å². The summed E-state index contributed by atoms with van der Waals surface area (Å²) >= 11 is 0. The molecule has 2 aliphatic rings. The van der Waals surface area contributed by atoms with Crippen LogP contribution in [0.3, 0.4) is 0 Å². The van der Waals surface area contributed by atoms with Gasteiger partial charge < -0.3 is 24.3 Å². The molecule has 0 saturated carbocycles. The molecule has 152 valence electrons. The second kappa shape index (κ2) is 7.56. The van der Waals surface area contributed by atoms with E-state index in [0.29, 0.717) is 38.0 Å². The van der Waals surface area contributed by atoms with Gasteiger partial charge in [-0.1, -0.05) is 0 Å². The van der Waals surface area contributed by atoms with Crippen LogP contribution in [0.15, 0.2) is 18.6 Å². The molecule has 28 heavy (non-hydrogen) atoms. The molecule has 0 spiro atoms. The van der Waals surface area contributed by atoms with E-state index in [1.165, 1.54) is 0 Å². The zero-order valence-corrected chi connectivity index (χ0v) is 16.4. The highest BCUT2D eigenvalue weighted by Gasteiger charge is 2.43. The molecule has 4 rings (SSSR count). The maximum atomic E-state index is 13.0. The molecule has 2 aromatic rings. The highest BCUT2D eigenvalue weighted by molar-refractivity contribution is 6.00. The van der Waals surface area contributed by atoms with E-state index < -0.39 is 5.60 Å². The van der Waals surface area contributed by atoms with Crippen molar-refractivity contribution >= 4 is 17.5 Å². The van der Waals surface area contributed by atoms with Gasteiger partial charge in [0.1, 0.15) is 16.8 Å². The van der Waals surface area contributed by atoms with E-state index in [4.69, 9.17) is 9.47 Å². The SMILES string of the molecule is COC1(C(=O)NCC2CCCO2)CCN(C(=O)c2cnn3ccn(C)c23)CC1. The number of carbonyl (C=O) groups excluding carboxylic acids is 2. The third-order valence-electron chi connectivity index (χ3n) is 5.94. The summed E-state index contributed by atoms with van der Waals surface area (Å²) in [6, 6.07) is 0. The van der Waals surface area contributed by atoms with E-state index in [0.717, 1.165) is 25.1 Å². The number of nitrogens with zero attached hydrogens (tertiary/aromatic N) is 4. The number of piperidine rings is 1. The number of hydrogen-bond donors (Lipinski definition) is 1. The molecule has 9 nitrogen and oxygen atoms in total. The Bertz CT molecular complexity index is 859. The number of amides is 2. The third kappa shape index (κ3) is 3.29. The largest absolute Gasteiger partial charge is 0.376 e. The normalized spacial score (nSPS) is 21.9. The molecular weight excluding hydrogens is 362 g/mol. The van der Waals surface area contributed by atoms with Crippen molar-refractivity contribution < 1.29 is 19.1 Å². The molecule has 2 aliphatic heterocycles. The first-order valence-electron chi connectivity index (χ1n) is 9.77. The number of rotatable bonds is 5. The quantitative estimate of drug-likeness (QED) is 0.808. The van der Waals surface area contributed by atoms with Gasteiger partial charge in [-0.25, -0.2) is 4.52 Å². The summed E-state index contributed by atoms with van der Waals surface area (Å²) in [5.74, 6) is -0.186. The number of aryl methyl sites for hydroxylation is 1. The van der Waals surface area contributed by atoms with Gasteiger partial charge in [-0.15, -0.1) is 0 Å². The van der Waals surface area contributed by atoms with Crippen molar-refractivity contribution in [3.63, 3.8) is 0 Å². The molecule has 9 heteroatoms. The maximum absolute atomic E-state index is 13.0. The van der Waals surface area contributed by atoms with E-state index in [-0.39, 0.29) is 17.9 Å². The van der Waals surface area contributed by atoms with Crippen LogP contribution >= 0.6 is 0 Å². The molecular formula is C19H27N5O4. The maximum Gasteiger partial charge on any atom is 0.259 e. The van der Waals surface area contributed by atoms with Gasteiger partial charge in [0.2, 0.25) is 0 Å². The minimum absolute atomic E-state index is 0.0683. The van der Waals surface area contributed by atoms with Crippen LogP contribution < -0.4 is 5.32 Å². The lowest BCUT2D eigenvalue weighted by Crippen LogP contribution is -2.56. The van der Waals surface area contributed by atoms with E-state index in [1.807, 2.05) is 24.0 Å². The molecule has 0 aliphatic carbocycles. The molecule has 1 unspecified atom stereocenters. The average molecular weight is 389 g/mol. The summed E-state index contributed by atoms with van der Waals surface area (Å²) in [6.07, 6.45) is 8.31. The van der Waals surface area contributed by atoms with Crippen molar-refractivity contribution in [2.45, 2.75) is 37.4 Å². The highest BCUT2D eigenvalue weighted by atomic mass is 16.5. The number of nitrogens with one attached hydrogen (secondary N) is 1. The summed E-state index contributed by atoms with van der Waals surface area (Å²) in [5, 5.41) is 7.21.